The van der Waals surface area contributed by atoms with Crippen molar-refractivity contribution < 1.29 is 4.65 Å². The fourth-order valence-corrected chi connectivity index (χ4v) is 5.76. The summed E-state index contributed by atoms with van der Waals surface area (Å²) in [6.45, 7) is 0. The lowest BCUT2D eigenvalue weighted by molar-refractivity contribution is 0.603. The molecule has 0 N–H and O–H groups in total. The Morgan fingerprint density at radius 1 is 0.559 bits per heavy atom. The molecular formula is C30H19BN2O. The van der Waals surface area contributed by atoms with Crippen molar-refractivity contribution in [2.45, 2.75) is 0 Å². The molecule has 8 rings (SSSR count). The number of rotatable bonds is 1. The third kappa shape index (κ3) is 2.27. The van der Waals surface area contributed by atoms with Crippen LogP contribution < -0.4 is 14.9 Å². The van der Waals surface area contributed by atoms with Crippen LogP contribution in [0.3, 0.4) is 0 Å². The SMILES string of the molecule is c1ccc2c(c1)B1Oc3cc(-n4c5ccccc5c5ccccc54)ccc3N1c1ccccc1-2. The molecule has 34 heavy (non-hydrogen) atoms. The fraction of sp³-hybridized carbons (Fsp3) is 0. The lowest BCUT2D eigenvalue weighted by Crippen LogP contribution is -2.50. The molecular weight excluding hydrogens is 415 g/mol. The number of fused-ring (bicyclic) bond motifs is 11. The summed E-state index contributed by atoms with van der Waals surface area (Å²) < 4.78 is 9.01. The van der Waals surface area contributed by atoms with E-state index in [4.69, 9.17) is 4.65 Å². The first-order chi connectivity index (χ1) is 16.9. The van der Waals surface area contributed by atoms with E-state index in [1.165, 1.54) is 44.1 Å². The van der Waals surface area contributed by atoms with Gasteiger partial charge in [0.05, 0.1) is 16.7 Å². The quantitative estimate of drug-likeness (QED) is 0.268. The van der Waals surface area contributed by atoms with Crippen molar-refractivity contribution in [1.29, 1.82) is 0 Å². The molecule has 6 aromatic rings. The molecule has 0 unspecified atom stereocenters. The molecule has 4 heteroatoms. The summed E-state index contributed by atoms with van der Waals surface area (Å²) >= 11 is 0. The fourth-order valence-electron chi connectivity index (χ4n) is 5.76. The minimum atomic E-state index is -0.158. The number of nitrogens with zero attached hydrogens (tertiary/aromatic N) is 2. The first kappa shape index (κ1) is 18.0. The monoisotopic (exact) mass is 434 g/mol. The van der Waals surface area contributed by atoms with Crippen LogP contribution in [0, 0.1) is 0 Å². The predicted molar refractivity (Wildman–Crippen MR) is 141 cm³/mol. The van der Waals surface area contributed by atoms with Crippen LogP contribution in [0.25, 0.3) is 38.6 Å². The number of para-hydroxylation sites is 3. The molecule has 2 aliphatic rings. The second-order valence-electron chi connectivity index (χ2n) is 8.97. The Morgan fingerprint density at radius 3 is 2.00 bits per heavy atom. The summed E-state index contributed by atoms with van der Waals surface area (Å²) in [5.41, 5.74) is 9.51. The van der Waals surface area contributed by atoms with Crippen LogP contribution in [0.4, 0.5) is 11.4 Å². The summed E-state index contributed by atoms with van der Waals surface area (Å²) in [7, 11) is -0.158. The van der Waals surface area contributed by atoms with Crippen molar-refractivity contribution in [2.75, 3.05) is 4.81 Å². The van der Waals surface area contributed by atoms with E-state index in [0.29, 0.717) is 0 Å². The minimum absolute atomic E-state index is 0.158. The molecule has 2 aliphatic heterocycles. The van der Waals surface area contributed by atoms with Gasteiger partial charge in [-0.1, -0.05) is 78.9 Å². The number of hydrogen-bond acceptors (Lipinski definition) is 2. The maximum absolute atomic E-state index is 6.67. The number of aromatic nitrogens is 1. The second kappa shape index (κ2) is 6.55. The van der Waals surface area contributed by atoms with Gasteiger partial charge in [-0.25, -0.2) is 0 Å². The topological polar surface area (TPSA) is 17.4 Å². The molecule has 0 fully saturated rings. The van der Waals surface area contributed by atoms with Crippen LogP contribution in [0.5, 0.6) is 5.75 Å². The first-order valence-electron chi connectivity index (χ1n) is 11.7. The standard InChI is InChI=1S/C30H19BN2O/c1-5-13-25-21(9-1)22-10-4-8-16-28(22)33-29-18-17-20(19-30(29)34-31(25)33)32-26-14-6-2-11-23(26)24-12-3-7-15-27(24)32/h1-19H. The van der Waals surface area contributed by atoms with Crippen molar-refractivity contribution in [2.24, 2.45) is 0 Å². The van der Waals surface area contributed by atoms with Gasteiger partial charge >= 0.3 is 7.05 Å². The van der Waals surface area contributed by atoms with Gasteiger partial charge in [-0.3, -0.25) is 0 Å². The van der Waals surface area contributed by atoms with Crippen LogP contribution in [0.15, 0.2) is 115 Å². The van der Waals surface area contributed by atoms with Gasteiger partial charge in [0.1, 0.15) is 5.75 Å². The summed E-state index contributed by atoms with van der Waals surface area (Å²) in [5.74, 6) is 0.913. The highest BCUT2D eigenvalue weighted by molar-refractivity contribution is 6.77. The van der Waals surface area contributed by atoms with E-state index in [1.807, 2.05) is 0 Å². The van der Waals surface area contributed by atoms with Gasteiger partial charge in [0, 0.05) is 33.8 Å². The second-order valence-corrected chi connectivity index (χ2v) is 8.97. The van der Waals surface area contributed by atoms with Gasteiger partial charge in [-0.2, -0.15) is 0 Å². The summed E-state index contributed by atoms with van der Waals surface area (Å²) in [6, 6.07) is 41.0. The van der Waals surface area contributed by atoms with Crippen molar-refractivity contribution in [3.8, 4) is 22.6 Å². The maximum atomic E-state index is 6.67. The molecule has 5 aromatic carbocycles. The average Bonchev–Trinajstić information content (AvgIpc) is 3.45. The highest BCUT2D eigenvalue weighted by Gasteiger charge is 2.44. The highest BCUT2D eigenvalue weighted by atomic mass is 16.5. The zero-order chi connectivity index (χ0) is 22.2. The summed E-state index contributed by atoms with van der Waals surface area (Å²) in [5, 5.41) is 2.53. The molecule has 0 saturated carbocycles. The zero-order valence-electron chi connectivity index (χ0n) is 18.3. The first-order valence-corrected chi connectivity index (χ1v) is 11.7. The van der Waals surface area contributed by atoms with Crippen molar-refractivity contribution >= 4 is 45.7 Å². The van der Waals surface area contributed by atoms with Gasteiger partial charge in [0.2, 0.25) is 0 Å². The summed E-state index contributed by atoms with van der Waals surface area (Å²) in [4.78, 5) is 2.34. The Bertz CT molecular complexity index is 1720. The van der Waals surface area contributed by atoms with Gasteiger partial charge in [-0.15, -0.1) is 0 Å². The van der Waals surface area contributed by atoms with Gasteiger partial charge < -0.3 is 14.0 Å². The van der Waals surface area contributed by atoms with Gasteiger partial charge in [0.15, 0.2) is 0 Å². The van der Waals surface area contributed by atoms with Crippen molar-refractivity contribution in [1.82, 2.24) is 4.57 Å². The molecule has 0 radical (unpaired) electrons. The van der Waals surface area contributed by atoms with E-state index >= 15 is 0 Å². The number of hydrogen-bond donors (Lipinski definition) is 0. The van der Waals surface area contributed by atoms with Crippen LogP contribution in [-0.4, -0.2) is 11.6 Å². The zero-order valence-corrected chi connectivity index (χ0v) is 18.3. The highest BCUT2D eigenvalue weighted by Crippen LogP contribution is 2.48. The van der Waals surface area contributed by atoms with Gasteiger partial charge in [-0.05, 0) is 41.4 Å². The Hall–Kier alpha value is -4.44. The lowest BCUT2D eigenvalue weighted by Gasteiger charge is -2.31. The van der Waals surface area contributed by atoms with Crippen molar-refractivity contribution in [3.63, 3.8) is 0 Å². The van der Waals surface area contributed by atoms with E-state index in [-0.39, 0.29) is 7.05 Å². The molecule has 158 valence electrons. The van der Waals surface area contributed by atoms with E-state index in [2.05, 4.69) is 125 Å². The molecule has 0 spiro atoms. The largest absolute Gasteiger partial charge is 0.536 e. The van der Waals surface area contributed by atoms with E-state index in [1.54, 1.807) is 0 Å². The minimum Gasteiger partial charge on any atom is -0.536 e. The van der Waals surface area contributed by atoms with Crippen LogP contribution in [0.1, 0.15) is 0 Å². The molecule has 0 bridgehead atoms. The summed E-state index contributed by atoms with van der Waals surface area (Å²) in [6.07, 6.45) is 0. The Labute approximate surface area is 197 Å². The number of benzene rings is 5. The Balaban J connectivity index is 1.35. The predicted octanol–water partition coefficient (Wildman–Crippen LogP) is 6.69. The van der Waals surface area contributed by atoms with Crippen molar-refractivity contribution in [3.05, 3.63) is 115 Å². The lowest BCUT2D eigenvalue weighted by atomic mass is 9.65. The smallest absolute Gasteiger partial charge is 0.524 e. The average molecular weight is 434 g/mol. The third-order valence-corrected chi connectivity index (χ3v) is 7.19. The van der Waals surface area contributed by atoms with E-state index < -0.39 is 0 Å². The molecule has 1 aromatic heterocycles. The Kier molecular flexibility index (Phi) is 3.48. The van der Waals surface area contributed by atoms with Crippen LogP contribution in [-0.2, 0) is 0 Å². The molecule has 0 saturated heterocycles. The van der Waals surface area contributed by atoms with E-state index in [9.17, 15) is 0 Å². The third-order valence-electron chi connectivity index (χ3n) is 7.19. The molecule has 0 amide bonds. The molecule has 0 aliphatic carbocycles. The Morgan fingerprint density at radius 2 is 1.21 bits per heavy atom. The van der Waals surface area contributed by atoms with Gasteiger partial charge in [0.25, 0.3) is 0 Å². The molecule has 3 heterocycles. The molecule has 0 atom stereocenters. The maximum Gasteiger partial charge on any atom is 0.524 e. The van der Waals surface area contributed by atoms with Crippen LogP contribution in [0.2, 0.25) is 0 Å². The number of anilines is 2. The molecule has 3 nitrogen and oxygen atoms in total. The van der Waals surface area contributed by atoms with E-state index in [0.717, 1.165) is 17.1 Å². The van der Waals surface area contributed by atoms with Crippen LogP contribution >= 0.6 is 0 Å². The normalized spacial score (nSPS) is 13.4.